The summed E-state index contributed by atoms with van der Waals surface area (Å²) in [7, 11) is 0. The van der Waals surface area contributed by atoms with Crippen molar-refractivity contribution in [2.45, 2.75) is 45.6 Å². The van der Waals surface area contributed by atoms with Crippen LogP contribution in [0.1, 0.15) is 49.9 Å². The Morgan fingerprint density at radius 1 is 1.08 bits per heavy atom. The van der Waals surface area contributed by atoms with Crippen LogP contribution in [0.2, 0.25) is 0 Å². The molecule has 0 bridgehead atoms. The van der Waals surface area contributed by atoms with Gasteiger partial charge in [-0.2, -0.15) is 0 Å². The number of carboxylic acid groups (broad SMARTS) is 1. The van der Waals surface area contributed by atoms with Crippen LogP contribution in [0.4, 0.5) is 0 Å². The molecule has 2 amide bonds. The molecule has 7 heteroatoms. The smallest absolute Gasteiger partial charge is 0.550 e. The largest absolute Gasteiger partial charge is 1.00 e. The maximum atomic E-state index is 12.7. The summed E-state index contributed by atoms with van der Waals surface area (Å²) in [6.07, 6.45) is 1.33. The molecule has 1 rings (SSSR count). The molecule has 0 aliphatic heterocycles. The number of aliphatic carboxylic acids is 1. The van der Waals surface area contributed by atoms with Gasteiger partial charge in [0, 0.05) is 24.6 Å². The zero-order valence-electron chi connectivity index (χ0n) is 15.3. The number of nitrogens with zero attached hydrogens (tertiary/aromatic N) is 1. The Hall–Kier alpha value is -1.37. The Morgan fingerprint density at radius 2 is 1.64 bits per heavy atom. The van der Waals surface area contributed by atoms with Crippen molar-refractivity contribution in [1.82, 2.24) is 10.2 Å². The third-order valence-corrected chi connectivity index (χ3v) is 3.58. The fraction of sp³-hybridized carbons (Fsp3) is 0.500. The van der Waals surface area contributed by atoms with E-state index in [1.54, 1.807) is 35.2 Å². The summed E-state index contributed by atoms with van der Waals surface area (Å²) in [6, 6.07) is 7.67. The molecule has 1 atom stereocenters. The number of benzene rings is 1. The molecule has 0 radical (unpaired) electrons. The molecule has 1 N–H and O–H groups in total. The molecule has 6 nitrogen and oxygen atoms in total. The third-order valence-electron chi connectivity index (χ3n) is 3.58. The number of hydrogen-bond donors (Lipinski definition) is 1. The fourth-order valence-electron chi connectivity index (χ4n) is 2.44. The van der Waals surface area contributed by atoms with Gasteiger partial charge in [0.25, 0.3) is 5.91 Å². The molecular weight excluding hydrogens is 331 g/mol. The van der Waals surface area contributed by atoms with Crippen molar-refractivity contribution in [2.75, 3.05) is 13.1 Å². The van der Waals surface area contributed by atoms with Crippen LogP contribution in [0.15, 0.2) is 30.3 Å². The van der Waals surface area contributed by atoms with Gasteiger partial charge in [0.2, 0.25) is 5.91 Å². The Kier molecular flexibility index (Phi) is 12.2. The van der Waals surface area contributed by atoms with Crippen LogP contribution in [0.3, 0.4) is 0 Å². The number of rotatable bonds is 10. The molecule has 0 aliphatic rings. The second-order valence-electron chi connectivity index (χ2n) is 5.63. The van der Waals surface area contributed by atoms with E-state index < -0.39 is 12.0 Å². The number of carboxylic acids is 1. The minimum Gasteiger partial charge on any atom is -0.550 e. The topological polar surface area (TPSA) is 89.5 Å². The first kappa shape index (κ1) is 23.6. The van der Waals surface area contributed by atoms with Crippen LogP contribution in [0.25, 0.3) is 0 Å². The molecule has 132 valence electrons. The molecular formula is C18H25N2NaO4. The first-order chi connectivity index (χ1) is 11.5. The van der Waals surface area contributed by atoms with Crippen molar-refractivity contribution >= 4 is 17.8 Å². The van der Waals surface area contributed by atoms with Gasteiger partial charge >= 0.3 is 29.6 Å². The van der Waals surface area contributed by atoms with Crippen LogP contribution >= 0.6 is 0 Å². The molecule has 0 aliphatic carbocycles. The maximum absolute atomic E-state index is 12.7. The number of carbonyl (C=O) groups is 3. The number of nitrogens with one attached hydrogen (secondary N) is 1. The molecule has 0 spiro atoms. The van der Waals surface area contributed by atoms with E-state index in [-0.39, 0.29) is 54.2 Å². The van der Waals surface area contributed by atoms with Gasteiger partial charge in [0.05, 0.1) is 0 Å². The molecule has 0 saturated carbocycles. The summed E-state index contributed by atoms with van der Waals surface area (Å²) in [4.78, 5) is 37.4. The molecule has 0 fully saturated rings. The Bertz CT molecular complexity index is 545. The van der Waals surface area contributed by atoms with Crippen LogP contribution in [0.5, 0.6) is 0 Å². The van der Waals surface area contributed by atoms with Gasteiger partial charge in [0.15, 0.2) is 0 Å². The summed E-state index contributed by atoms with van der Waals surface area (Å²) in [5, 5.41) is 13.4. The summed E-state index contributed by atoms with van der Waals surface area (Å²) in [5.74, 6) is -1.87. The Morgan fingerprint density at radius 3 is 2.12 bits per heavy atom. The van der Waals surface area contributed by atoms with Crippen molar-refractivity contribution in [2.24, 2.45) is 0 Å². The number of amides is 2. The Balaban J connectivity index is 0.00000576. The second-order valence-corrected chi connectivity index (χ2v) is 5.63. The van der Waals surface area contributed by atoms with Crippen molar-refractivity contribution in [3.8, 4) is 0 Å². The van der Waals surface area contributed by atoms with Gasteiger partial charge in [-0.25, -0.2) is 0 Å². The van der Waals surface area contributed by atoms with E-state index in [0.29, 0.717) is 18.7 Å². The minimum absolute atomic E-state index is 0. The van der Waals surface area contributed by atoms with Crippen LogP contribution in [0, 0.1) is 0 Å². The van der Waals surface area contributed by atoms with E-state index in [0.717, 1.165) is 12.8 Å². The fourth-order valence-corrected chi connectivity index (χ4v) is 2.44. The average molecular weight is 356 g/mol. The Labute approximate surface area is 171 Å². The van der Waals surface area contributed by atoms with E-state index in [2.05, 4.69) is 5.32 Å². The number of hydrogen-bond acceptors (Lipinski definition) is 4. The van der Waals surface area contributed by atoms with Gasteiger partial charge in [0.1, 0.15) is 6.04 Å². The normalized spacial score (nSPS) is 11.1. The van der Waals surface area contributed by atoms with Gasteiger partial charge in [-0.3, -0.25) is 9.59 Å². The van der Waals surface area contributed by atoms with Gasteiger partial charge in [-0.1, -0.05) is 32.0 Å². The van der Waals surface area contributed by atoms with Crippen LogP contribution in [-0.4, -0.2) is 41.8 Å². The second kappa shape index (κ2) is 12.9. The zero-order chi connectivity index (χ0) is 17.9. The molecule has 1 aromatic rings. The summed E-state index contributed by atoms with van der Waals surface area (Å²) < 4.78 is 0. The van der Waals surface area contributed by atoms with Crippen molar-refractivity contribution in [3.63, 3.8) is 0 Å². The van der Waals surface area contributed by atoms with Gasteiger partial charge < -0.3 is 20.1 Å². The molecule has 0 unspecified atom stereocenters. The quantitative estimate of drug-likeness (QED) is 0.490. The molecule has 25 heavy (non-hydrogen) atoms. The average Bonchev–Trinajstić information content (AvgIpc) is 2.58. The molecule has 1 aromatic carbocycles. The van der Waals surface area contributed by atoms with Gasteiger partial charge in [-0.05, 0) is 37.8 Å². The van der Waals surface area contributed by atoms with Crippen molar-refractivity contribution in [3.05, 3.63) is 35.9 Å². The van der Waals surface area contributed by atoms with Gasteiger partial charge in [-0.15, -0.1) is 0 Å². The molecule has 0 aromatic heterocycles. The summed E-state index contributed by atoms with van der Waals surface area (Å²) in [5.41, 5.74) is 0.432. The van der Waals surface area contributed by atoms with E-state index >= 15 is 0 Å². The standard InChI is InChI=1S/C18H26N2O4.Na/c1-3-12-20(13-4-2)18(24)15(10-11-16(21)22)19-17(23)14-8-6-5-7-9-14;/h5-9,15H,3-4,10-13H2,1-2H3,(H,19,23)(H,21,22);/q;+1/p-1/t15-;/m0./s1. The maximum Gasteiger partial charge on any atom is 1.00 e. The predicted octanol–water partition coefficient (Wildman–Crippen LogP) is -2.03. The number of carbonyl (C=O) groups excluding carboxylic acids is 3. The van der Waals surface area contributed by atoms with Crippen molar-refractivity contribution < 1.29 is 49.0 Å². The third kappa shape index (κ3) is 8.52. The van der Waals surface area contributed by atoms with E-state index in [4.69, 9.17) is 0 Å². The first-order valence-electron chi connectivity index (χ1n) is 8.34. The van der Waals surface area contributed by atoms with Crippen LogP contribution < -0.4 is 40.0 Å². The van der Waals surface area contributed by atoms with Crippen molar-refractivity contribution in [1.29, 1.82) is 0 Å². The van der Waals surface area contributed by atoms with E-state index in [9.17, 15) is 19.5 Å². The molecule has 0 saturated heterocycles. The monoisotopic (exact) mass is 356 g/mol. The summed E-state index contributed by atoms with van der Waals surface area (Å²) in [6.45, 7) is 5.09. The minimum atomic E-state index is -1.24. The zero-order valence-corrected chi connectivity index (χ0v) is 17.3. The van der Waals surface area contributed by atoms with Crippen LogP contribution in [-0.2, 0) is 9.59 Å². The predicted molar refractivity (Wildman–Crippen MR) is 89.1 cm³/mol. The van der Waals surface area contributed by atoms with E-state index in [1.807, 2.05) is 13.8 Å². The first-order valence-corrected chi connectivity index (χ1v) is 8.34. The van der Waals surface area contributed by atoms with E-state index in [1.165, 1.54) is 0 Å². The molecule has 0 heterocycles. The summed E-state index contributed by atoms with van der Waals surface area (Å²) >= 11 is 0. The SMILES string of the molecule is CCCN(CCC)C(=O)[C@H](CCC(=O)[O-])NC(=O)c1ccccc1.[Na+].